The zero-order chi connectivity index (χ0) is 26.6. The molecule has 2 amide bonds. The molecule has 2 bridgehead atoms. The van der Waals surface area contributed by atoms with Gasteiger partial charge in [0, 0.05) is 30.0 Å². The van der Waals surface area contributed by atoms with Gasteiger partial charge in [0.1, 0.15) is 5.82 Å². The number of piperidine rings is 1. The molecule has 9 heteroatoms. The van der Waals surface area contributed by atoms with E-state index in [0.717, 1.165) is 47.5 Å². The molecule has 1 aromatic heterocycles. The number of esters is 1. The number of ether oxygens (including phenoxy) is 1. The monoisotopic (exact) mass is 534 g/mol. The average Bonchev–Trinajstić information content (AvgIpc) is 3.38. The Hall–Kier alpha value is -3.65. The number of likely N-dealkylation sites (tertiary alicyclic amines) is 1. The molecule has 0 radical (unpaired) electrons. The number of hydrogen-bond donors (Lipinski definition) is 2. The van der Waals surface area contributed by atoms with Crippen LogP contribution in [0.1, 0.15) is 67.4 Å². The quantitative estimate of drug-likeness (QED) is 0.436. The highest BCUT2D eigenvalue weighted by Gasteiger charge is 2.33. The van der Waals surface area contributed by atoms with Gasteiger partial charge in [-0.05, 0) is 54.5 Å². The van der Waals surface area contributed by atoms with Crippen molar-refractivity contribution in [3.63, 3.8) is 0 Å². The first-order chi connectivity index (χ1) is 18.4. The maximum atomic E-state index is 13.4. The van der Waals surface area contributed by atoms with Crippen LogP contribution in [0.15, 0.2) is 48.7 Å². The van der Waals surface area contributed by atoms with Crippen molar-refractivity contribution in [3.8, 4) is 11.3 Å². The van der Waals surface area contributed by atoms with E-state index >= 15 is 0 Å². The Kier molecular flexibility index (Phi) is 7.79. The van der Waals surface area contributed by atoms with E-state index in [1.807, 2.05) is 41.3 Å². The lowest BCUT2D eigenvalue weighted by molar-refractivity contribution is -0.140. The third-order valence-electron chi connectivity index (χ3n) is 7.42. The Bertz CT molecular complexity index is 1350. The highest BCUT2D eigenvalue weighted by molar-refractivity contribution is 6.30. The normalized spacial score (nSPS) is 20.1. The minimum Gasteiger partial charge on any atom is -0.469 e. The number of aromatic amines is 1. The number of nitrogens with zero attached hydrogens (tertiary/aromatic N) is 2. The van der Waals surface area contributed by atoms with E-state index in [1.54, 1.807) is 12.3 Å². The molecular formula is C29H31ClN4O4. The highest BCUT2D eigenvalue weighted by Crippen LogP contribution is 2.37. The van der Waals surface area contributed by atoms with E-state index in [0.29, 0.717) is 36.5 Å². The van der Waals surface area contributed by atoms with E-state index in [4.69, 9.17) is 16.3 Å². The first-order valence-corrected chi connectivity index (χ1v) is 13.4. The summed E-state index contributed by atoms with van der Waals surface area (Å²) in [5.41, 5.74) is 3.97. The summed E-state index contributed by atoms with van der Waals surface area (Å²) in [5, 5.41) is 3.68. The van der Waals surface area contributed by atoms with E-state index in [9.17, 15) is 14.4 Å². The summed E-state index contributed by atoms with van der Waals surface area (Å²) in [7, 11) is 1.35. The summed E-state index contributed by atoms with van der Waals surface area (Å²) in [6.45, 7) is 0.630. The van der Waals surface area contributed by atoms with Gasteiger partial charge in [0.05, 0.1) is 37.2 Å². The molecule has 0 aliphatic carbocycles. The van der Waals surface area contributed by atoms with Gasteiger partial charge in [-0.1, -0.05) is 42.3 Å². The van der Waals surface area contributed by atoms with Gasteiger partial charge in [-0.15, -0.1) is 0 Å². The number of halogens is 1. The zero-order valence-electron chi connectivity index (χ0n) is 21.3. The molecule has 2 aliphatic heterocycles. The third kappa shape index (κ3) is 5.75. The zero-order valence-corrected chi connectivity index (χ0v) is 22.1. The van der Waals surface area contributed by atoms with Crippen LogP contribution in [0.2, 0.25) is 5.02 Å². The van der Waals surface area contributed by atoms with Crippen LogP contribution in [0.4, 0.5) is 5.69 Å². The molecule has 3 heterocycles. The summed E-state index contributed by atoms with van der Waals surface area (Å²) in [6, 6.07) is 13.1. The Balaban J connectivity index is 1.42. The fraction of sp³-hybridized carbons (Fsp3) is 0.379. The SMILES string of the molecule is COC(=O)Cc1ccc2c(c1)NC(=O)CCCC[C@H](N1CCC(c3cccc(Cl)c3)CC1=O)c1ncc-2[nH]1. The van der Waals surface area contributed by atoms with Gasteiger partial charge in [-0.25, -0.2) is 4.98 Å². The van der Waals surface area contributed by atoms with Crippen molar-refractivity contribution in [1.29, 1.82) is 0 Å². The van der Waals surface area contributed by atoms with Crippen molar-refractivity contribution in [2.24, 2.45) is 0 Å². The lowest BCUT2D eigenvalue weighted by Gasteiger charge is -2.37. The number of rotatable bonds is 4. The first-order valence-electron chi connectivity index (χ1n) is 13.0. The minimum absolute atomic E-state index is 0.0863. The number of methoxy groups -OCH3 is 1. The molecule has 1 saturated heterocycles. The fourth-order valence-electron chi connectivity index (χ4n) is 5.42. The van der Waals surface area contributed by atoms with Crippen LogP contribution in [-0.4, -0.2) is 46.3 Å². The van der Waals surface area contributed by atoms with Crippen molar-refractivity contribution in [2.45, 2.75) is 56.9 Å². The van der Waals surface area contributed by atoms with Crippen molar-refractivity contribution in [2.75, 3.05) is 19.0 Å². The molecular weight excluding hydrogens is 504 g/mol. The van der Waals surface area contributed by atoms with Gasteiger partial charge in [0.15, 0.2) is 0 Å². The minimum atomic E-state index is -0.347. The van der Waals surface area contributed by atoms with Crippen LogP contribution in [0.5, 0.6) is 0 Å². The van der Waals surface area contributed by atoms with Crippen molar-refractivity contribution < 1.29 is 19.1 Å². The molecule has 0 spiro atoms. The molecule has 2 aliphatic rings. The molecule has 198 valence electrons. The molecule has 1 unspecified atom stereocenters. The number of anilines is 1. The van der Waals surface area contributed by atoms with Crippen LogP contribution in [-0.2, 0) is 25.5 Å². The molecule has 8 nitrogen and oxygen atoms in total. The lowest BCUT2D eigenvalue weighted by Crippen LogP contribution is -2.41. The Morgan fingerprint density at radius 1 is 1.16 bits per heavy atom. The number of aromatic nitrogens is 2. The van der Waals surface area contributed by atoms with Crippen molar-refractivity contribution in [1.82, 2.24) is 14.9 Å². The summed E-state index contributed by atoms with van der Waals surface area (Å²) in [4.78, 5) is 48.0. The topological polar surface area (TPSA) is 104 Å². The maximum absolute atomic E-state index is 13.4. The van der Waals surface area contributed by atoms with Crippen molar-refractivity contribution in [3.05, 3.63) is 70.6 Å². The summed E-state index contributed by atoms with van der Waals surface area (Å²) in [5.74, 6) is 0.551. The molecule has 3 aromatic rings. The molecule has 2 aromatic carbocycles. The van der Waals surface area contributed by atoms with E-state index in [1.165, 1.54) is 7.11 Å². The van der Waals surface area contributed by atoms with E-state index in [-0.39, 0.29) is 36.2 Å². The largest absolute Gasteiger partial charge is 0.469 e. The third-order valence-corrected chi connectivity index (χ3v) is 7.66. The molecule has 0 saturated carbocycles. The Morgan fingerprint density at radius 3 is 2.82 bits per heavy atom. The number of H-pyrrole nitrogens is 1. The highest BCUT2D eigenvalue weighted by atomic mass is 35.5. The van der Waals surface area contributed by atoms with Gasteiger partial charge in [-0.3, -0.25) is 14.4 Å². The van der Waals surface area contributed by atoms with Crippen molar-refractivity contribution >= 4 is 35.1 Å². The molecule has 38 heavy (non-hydrogen) atoms. The van der Waals surface area contributed by atoms with Gasteiger partial charge in [0.25, 0.3) is 0 Å². The van der Waals surface area contributed by atoms with Crippen LogP contribution >= 0.6 is 11.6 Å². The number of carbonyl (C=O) groups excluding carboxylic acids is 3. The van der Waals surface area contributed by atoms with Gasteiger partial charge < -0.3 is 19.9 Å². The number of carbonyl (C=O) groups is 3. The predicted octanol–water partition coefficient (Wildman–Crippen LogP) is 5.41. The van der Waals surface area contributed by atoms with Crippen LogP contribution in [0.3, 0.4) is 0 Å². The molecule has 5 rings (SSSR count). The van der Waals surface area contributed by atoms with Gasteiger partial charge in [0.2, 0.25) is 11.8 Å². The second-order valence-corrected chi connectivity index (χ2v) is 10.4. The number of imidazole rings is 1. The lowest BCUT2D eigenvalue weighted by atomic mass is 9.88. The smallest absolute Gasteiger partial charge is 0.309 e. The number of benzene rings is 2. The number of amides is 2. The molecule has 2 atom stereocenters. The van der Waals surface area contributed by atoms with Crippen LogP contribution in [0, 0.1) is 0 Å². The summed E-state index contributed by atoms with van der Waals surface area (Å²) >= 11 is 6.19. The first kappa shape index (κ1) is 26.0. The summed E-state index contributed by atoms with van der Waals surface area (Å²) in [6.07, 6.45) is 5.71. The molecule has 1 fully saturated rings. The Morgan fingerprint density at radius 2 is 2.03 bits per heavy atom. The van der Waals surface area contributed by atoms with E-state index < -0.39 is 0 Å². The second kappa shape index (κ2) is 11.4. The number of nitrogens with one attached hydrogen (secondary N) is 2. The maximum Gasteiger partial charge on any atom is 0.309 e. The molecule has 2 N–H and O–H groups in total. The van der Waals surface area contributed by atoms with E-state index in [2.05, 4.69) is 15.3 Å². The number of fused-ring (bicyclic) bond motifs is 4. The predicted molar refractivity (Wildman–Crippen MR) is 145 cm³/mol. The summed E-state index contributed by atoms with van der Waals surface area (Å²) < 4.78 is 4.79. The van der Waals surface area contributed by atoms with Crippen LogP contribution < -0.4 is 5.32 Å². The Labute approximate surface area is 226 Å². The standard InChI is InChI=1S/C29H31ClN4O4/c1-38-28(37)14-18-9-10-22-23(13-18)32-26(35)8-3-2-7-25(29-31-17-24(22)33-29)34-12-11-20(16-27(34)36)19-5-4-6-21(30)15-19/h4-6,9-10,13,15,17,20,25H,2-3,7-8,11-12,14,16H2,1H3,(H,31,33)(H,32,35)/t20?,25-/m0/s1. The fourth-order valence-corrected chi connectivity index (χ4v) is 5.62. The number of hydrogen-bond acceptors (Lipinski definition) is 5. The second-order valence-electron chi connectivity index (χ2n) is 9.96. The average molecular weight is 535 g/mol. The van der Waals surface area contributed by atoms with Gasteiger partial charge >= 0.3 is 5.97 Å². The van der Waals surface area contributed by atoms with Gasteiger partial charge in [-0.2, -0.15) is 0 Å². The van der Waals surface area contributed by atoms with Crippen LogP contribution in [0.25, 0.3) is 11.3 Å².